The van der Waals surface area contributed by atoms with E-state index in [1.165, 1.54) is 29.7 Å². The fourth-order valence-corrected chi connectivity index (χ4v) is 4.60. The van der Waals surface area contributed by atoms with Crippen molar-refractivity contribution in [3.63, 3.8) is 0 Å². The van der Waals surface area contributed by atoms with Gasteiger partial charge in [0.1, 0.15) is 0 Å². The van der Waals surface area contributed by atoms with Crippen LogP contribution in [-0.2, 0) is 29.9 Å². The number of hydrogen-bond acceptors (Lipinski definition) is 4. The van der Waals surface area contributed by atoms with Crippen LogP contribution < -0.4 is 5.32 Å². The standard InChI is InChI=1S/C23H26N4OS/c28-22(17-29-16-18-6-2-1-3-7-18)25-14-15-27-21-9-5-4-8-20(21)23(26-27)19-10-12-24-13-11-19/h1-3,6-7,10-13H,4-5,8-9,14-17H2,(H,25,28). The van der Waals surface area contributed by atoms with Gasteiger partial charge in [-0.3, -0.25) is 14.5 Å². The fourth-order valence-electron chi connectivity index (χ4n) is 3.79. The van der Waals surface area contributed by atoms with Gasteiger partial charge in [0.05, 0.1) is 18.0 Å². The summed E-state index contributed by atoms with van der Waals surface area (Å²) >= 11 is 1.64. The van der Waals surface area contributed by atoms with Crippen molar-refractivity contribution >= 4 is 17.7 Å². The molecule has 0 aliphatic heterocycles. The third-order valence-electron chi connectivity index (χ3n) is 5.20. The molecule has 0 saturated carbocycles. The Morgan fingerprint density at radius 2 is 1.86 bits per heavy atom. The third kappa shape index (κ3) is 5.07. The molecule has 0 spiro atoms. The van der Waals surface area contributed by atoms with Gasteiger partial charge in [0.15, 0.2) is 0 Å². The summed E-state index contributed by atoms with van der Waals surface area (Å²) in [6, 6.07) is 14.3. The van der Waals surface area contributed by atoms with Crippen LogP contribution >= 0.6 is 11.8 Å². The number of nitrogens with zero attached hydrogens (tertiary/aromatic N) is 3. The molecule has 1 amide bonds. The van der Waals surface area contributed by atoms with Crippen LogP contribution in [0.3, 0.4) is 0 Å². The summed E-state index contributed by atoms with van der Waals surface area (Å²) in [4.78, 5) is 16.3. The van der Waals surface area contributed by atoms with Crippen LogP contribution in [0.4, 0.5) is 0 Å². The van der Waals surface area contributed by atoms with Crippen LogP contribution in [0.1, 0.15) is 29.7 Å². The maximum Gasteiger partial charge on any atom is 0.230 e. The zero-order valence-electron chi connectivity index (χ0n) is 16.5. The molecule has 1 aromatic carbocycles. The van der Waals surface area contributed by atoms with Gasteiger partial charge in [-0.1, -0.05) is 30.3 Å². The molecule has 5 nitrogen and oxygen atoms in total. The number of hydrogen-bond donors (Lipinski definition) is 1. The molecule has 1 N–H and O–H groups in total. The van der Waals surface area contributed by atoms with Crippen LogP contribution in [0.15, 0.2) is 54.9 Å². The number of pyridine rings is 1. The van der Waals surface area contributed by atoms with E-state index >= 15 is 0 Å². The van der Waals surface area contributed by atoms with Crippen molar-refractivity contribution in [2.75, 3.05) is 12.3 Å². The molecule has 3 aromatic rings. The lowest BCUT2D eigenvalue weighted by Gasteiger charge is -2.14. The average molecular weight is 407 g/mol. The van der Waals surface area contributed by atoms with Crippen LogP contribution in [0.2, 0.25) is 0 Å². The molecular weight excluding hydrogens is 380 g/mol. The van der Waals surface area contributed by atoms with Crippen LogP contribution in [-0.4, -0.2) is 33.0 Å². The number of rotatable bonds is 8. The van der Waals surface area contributed by atoms with E-state index in [1.807, 2.05) is 42.7 Å². The molecule has 4 rings (SSSR count). The van der Waals surface area contributed by atoms with Crippen LogP contribution in [0.25, 0.3) is 11.3 Å². The molecule has 1 aliphatic carbocycles. The Kier molecular flexibility index (Phi) is 6.62. The van der Waals surface area contributed by atoms with Crippen LogP contribution in [0.5, 0.6) is 0 Å². The minimum absolute atomic E-state index is 0.0845. The van der Waals surface area contributed by atoms with E-state index in [1.54, 1.807) is 11.8 Å². The summed E-state index contributed by atoms with van der Waals surface area (Å²) in [5, 5.41) is 7.94. The molecule has 0 saturated heterocycles. The molecule has 0 bridgehead atoms. The summed E-state index contributed by atoms with van der Waals surface area (Å²) in [6.07, 6.45) is 8.20. The van der Waals surface area contributed by atoms with Crippen molar-refractivity contribution in [1.82, 2.24) is 20.1 Å². The predicted molar refractivity (Wildman–Crippen MR) is 118 cm³/mol. The van der Waals surface area contributed by atoms with Crippen molar-refractivity contribution < 1.29 is 4.79 Å². The highest BCUT2D eigenvalue weighted by Gasteiger charge is 2.21. The third-order valence-corrected chi connectivity index (χ3v) is 6.20. The lowest BCUT2D eigenvalue weighted by molar-refractivity contribution is -0.118. The lowest BCUT2D eigenvalue weighted by atomic mass is 9.94. The number of benzene rings is 1. The number of thioether (sulfide) groups is 1. The van der Waals surface area contributed by atoms with Crippen molar-refractivity contribution in [3.8, 4) is 11.3 Å². The second kappa shape index (κ2) is 9.74. The first-order valence-corrected chi connectivity index (χ1v) is 11.3. The topological polar surface area (TPSA) is 59.8 Å². The molecule has 0 fully saturated rings. The largest absolute Gasteiger partial charge is 0.354 e. The Bertz CT molecular complexity index is 940. The van der Waals surface area contributed by atoms with Crippen molar-refractivity contribution in [1.29, 1.82) is 0 Å². The SMILES string of the molecule is O=C(CSCc1ccccc1)NCCn1nc(-c2ccncc2)c2c1CCCC2. The van der Waals surface area contributed by atoms with Crippen molar-refractivity contribution in [3.05, 3.63) is 71.7 Å². The molecule has 0 unspecified atom stereocenters. The maximum atomic E-state index is 12.2. The Balaban J connectivity index is 1.31. The Morgan fingerprint density at radius 3 is 2.69 bits per heavy atom. The van der Waals surface area contributed by atoms with E-state index in [2.05, 4.69) is 27.1 Å². The van der Waals surface area contributed by atoms with E-state index in [0.29, 0.717) is 18.8 Å². The molecule has 150 valence electrons. The number of carbonyl (C=O) groups is 1. The lowest BCUT2D eigenvalue weighted by Crippen LogP contribution is -2.29. The zero-order chi connectivity index (χ0) is 19.9. The summed E-state index contributed by atoms with van der Waals surface area (Å²) in [5.41, 5.74) is 6.14. The summed E-state index contributed by atoms with van der Waals surface area (Å²) in [7, 11) is 0. The second-order valence-corrected chi connectivity index (χ2v) is 8.25. The van der Waals surface area contributed by atoms with E-state index < -0.39 is 0 Å². The Labute approximate surface area is 175 Å². The smallest absolute Gasteiger partial charge is 0.230 e. The van der Waals surface area contributed by atoms with E-state index in [-0.39, 0.29) is 5.91 Å². The van der Waals surface area contributed by atoms with E-state index in [4.69, 9.17) is 5.10 Å². The predicted octanol–water partition coefficient (Wildman–Crippen LogP) is 3.87. The van der Waals surface area contributed by atoms with Gasteiger partial charge < -0.3 is 5.32 Å². The molecule has 2 heterocycles. The normalized spacial score (nSPS) is 13.1. The molecule has 0 atom stereocenters. The molecule has 29 heavy (non-hydrogen) atoms. The molecule has 6 heteroatoms. The number of aromatic nitrogens is 3. The summed E-state index contributed by atoms with van der Waals surface area (Å²) in [5.74, 6) is 1.42. The van der Waals surface area contributed by atoms with Crippen LogP contribution in [0, 0.1) is 0 Å². The number of fused-ring (bicyclic) bond motifs is 1. The Hall–Kier alpha value is -2.60. The van der Waals surface area contributed by atoms with Gasteiger partial charge in [0.25, 0.3) is 0 Å². The zero-order valence-corrected chi connectivity index (χ0v) is 17.3. The molecule has 2 aromatic heterocycles. The summed E-state index contributed by atoms with van der Waals surface area (Å²) in [6.45, 7) is 1.32. The van der Waals surface area contributed by atoms with Gasteiger partial charge in [-0.25, -0.2) is 0 Å². The molecule has 0 radical (unpaired) electrons. The van der Waals surface area contributed by atoms with E-state index in [9.17, 15) is 4.79 Å². The quantitative estimate of drug-likeness (QED) is 0.617. The average Bonchev–Trinajstić information content (AvgIpc) is 3.14. The maximum absolute atomic E-state index is 12.2. The van der Waals surface area contributed by atoms with Gasteiger partial charge >= 0.3 is 0 Å². The van der Waals surface area contributed by atoms with Crippen molar-refractivity contribution in [2.45, 2.75) is 38.0 Å². The van der Waals surface area contributed by atoms with Gasteiger partial charge in [-0.2, -0.15) is 5.10 Å². The highest BCUT2D eigenvalue weighted by molar-refractivity contribution is 7.99. The first-order chi connectivity index (χ1) is 14.3. The fraction of sp³-hybridized carbons (Fsp3) is 0.348. The van der Waals surface area contributed by atoms with Gasteiger partial charge in [-0.05, 0) is 43.4 Å². The van der Waals surface area contributed by atoms with Gasteiger partial charge in [0.2, 0.25) is 5.91 Å². The number of amides is 1. The van der Waals surface area contributed by atoms with Gasteiger partial charge in [0, 0.05) is 41.5 Å². The second-order valence-electron chi connectivity index (χ2n) is 7.27. The minimum Gasteiger partial charge on any atom is -0.354 e. The Morgan fingerprint density at radius 1 is 1.07 bits per heavy atom. The number of carbonyl (C=O) groups excluding carboxylic acids is 1. The minimum atomic E-state index is 0.0845. The van der Waals surface area contributed by atoms with E-state index in [0.717, 1.165) is 29.9 Å². The first-order valence-electron chi connectivity index (χ1n) is 10.2. The van der Waals surface area contributed by atoms with Crippen molar-refractivity contribution in [2.24, 2.45) is 0 Å². The molecular formula is C23H26N4OS. The molecule has 1 aliphatic rings. The highest BCUT2D eigenvalue weighted by atomic mass is 32.2. The van der Waals surface area contributed by atoms with Gasteiger partial charge in [-0.15, -0.1) is 11.8 Å². The monoisotopic (exact) mass is 406 g/mol. The summed E-state index contributed by atoms with van der Waals surface area (Å²) < 4.78 is 2.10. The highest BCUT2D eigenvalue weighted by Crippen LogP contribution is 2.30. The number of nitrogens with one attached hydrogen (secondary N) is 1. The first kappa shape index (κ1) is 19.7.